The van der Waals surface area contributed by atoms with Crippen LogP contribution in [0.15, 0.2) is 41.4 Å². The Labute approximate surface area is 121 Å². The maximum Gasteiger partial charge on any atom is 0.259 e. The zero-order valence-corrected chi connectivity index (χ0v) is 11.4. The van der Waals surface area contributed by atoms with Crippen LogP contribution < -0.4 is 5.32 Å². The molecule has 6 nitrogen and oxygen atoms in total. The van der Waals surface area contributed by atoms with Crippen molar-refractivity contribution in [1.29, 1.82) is 0 Å². The average Bonchev–Trinajstić information content (AvgIpc) is 2.97. The van der Waals surface area contributed by atoms with E-state index in [1.165, 1.54) is 4.90 Å². The van der Waals surface area contributed by atoms with Crippen molar-refractivity contribution in [1.82, 2.24) is 10.1 Å². The first-order valence-corrected chi connectivity index (χ1v) is 6.39. The zero-order valence-electron chi connectivity index (χ0n) is 11.4. The van der Waals surface area contributed by atoms with E-state index >= 15 is 0 Å². The van der Waals surface area contributed by atoms with Gasteiger partial charge in [-0.2, -0.15) is 0 Å². The van der Waals surface area contributed by atoms with Crippen LogP contribution in [-0.2, 0) is 4.79 Å². The highest BCUT2D eigenvalue weighted by Gasteiger charge is 2.31. The minimum atomic E-state index is -0.356. The van der Waals surface area contributed by atoms with Crippen LogP contribution >= 0.6 is 0 Å². The maximum atomic E-state index is 12.3. The monoisotopic (exact) mass is 283 g/mol. The Morgan fingerprint density at radius 1 is 1.38 bits per heavy atom. The predicted octanol–water partition coefficient (Wildman–Crippen LogP) is 2.05. The van der Waals surface area contributed by atoms with Crippen molar-refractivity contribution in [3.63, 3.8) is 0 Å². The third-order valence-corrected chi connectivity index (χ3v) is 3.24. The molecule has 0 radical (unpaired) electrons. The largest absolute Gasteiger partial charge is 0.360 e. The Kier molecular flexibility index (Phi) is 3.06. The summed E-state index contributed by atoms with van der Waals surface area (Å²) in [5.74, 6) is 0.347. The molecule has 21 heavy (non-hydrogen) atoms. The van der Waals surface area contributed by atoms with Crippen molar-refractivity contribution in [3.05, 3.63) is 53.8 Å². The molecule has 3 rings (SSSR count). The van der Waals surface area contributed by atoms with Crippen LogP contribution in [0, 0.1) is 6.92 Å². The van der Waals surface area contributed by atoms with E-state index in [1.54, 1.807) is 25.1 Å². The molecule has 0 saturated carbocycles. The van der Waals surface area contributed by atoms with E-state index < -0.39 is 0 Å². The molecule has 2 heterocycles. The van der Waals surface area contributed by atoms with Gasteiger partial charge in [0.15, 0.2) is 5.82 Å². The number of aromatic nitrogens is 1. The van der Waals surface area contributed by atoms with Gasteiger partial charge in [0.2, 0.25) is 5.91 Å². The highest BCUT2D eigenvalue weighted by molar-refractivity contribution is 6.11. The number of carbonyl (C=O) groups is 2. The van der Waals surface area contributed by atoms with Gasteiger partial charge in [-0.3, -0.25) is 14.5 Å². The predicted molar refractivity (Wildman–Crippen MR) is 76.4 cm³/mol. The highest BCUT2D eigenvalue weighted by Crippen LogP contribution is 2.30. The summed E-state index contributed by atoms with van der Waals surface area (Å²) in [6, 6.07) is 8.76. The number of carbonyl (C=O) groups excluding carboxylic acids is 2. The van der Waals surface area contributed by atoms with E-state index in [0.29, 0.717) is 22.8 Å². The van der Waals surface area contributed by atoms with E-state index in [-0.39, 0.29) is 18.4 Å². The molecular weight excluding hydrogens is 270 g/mol. The van der Waals surface area contributed by atoms with Gasteiger partial charge in [0.05, 0.1) is 0 Å². The molecule has 0 saturated heterocycles. The molecule has 1 aromatic heterocycles. The van der Waals surface area contributed by atoms with Crippen LogP contribution in [0.25, 0.3) is 5.70 Å². The van der Waals surface area contributed by atoms with Crippen LogP contribution in [0.4, 0.5) is 5.82 Å². The summed E-state index contributed by atoms with van der Waals surface area (Å²) in [5, 5.41) is 6.25. The van der Waals surface area contributed by atoms with E-state index in [1.807, 2.05) is 12.1 Å². The number of benzene rings is 1. The van der Waals surface area contributed by atoms with Gasteiger partial charge in [0, 0.05) is 22.9 Å². The summed E-state index contributed by atoms with van der Waals surface area (Å²) in [7, 11) is 0. The summed E-state index contributed by atoms with van der Waals surface area (Å²) in [6.45, 7) is 5.50. The summed E-state index contributed by atoms with van der Waals surface area (Å²) < 4.78 is 4.87. The Balaban J connectivity index is 1.73. The SMILES string of the molecule is C=C1c2ccccc2C(=O)N1CC(=O)Nc1cc(C)on1. The molecule has 0 unspecified atom stereocenters. The lowest BCUT2D eigenvalue weighted by Gasteiger charge is -2.16. The topological polar surface area (TPSA) is 75.4 Å². The number of anilines is 1. The van der Waals surface area contributed by atoms with Crippen molar-refractivity contribution < 1.29 is 14.1 Å². The van der Waals surface area contributed by atoms with Gasteiger partial charge in [-0.05, 0) is 13.0 Å². The number of hydrogen-bond acceptors (Lipinski definition) is 4. The summed E-state index contributed by atoms with van der Waals surface area (Å²) in [6.07, 6.45) is 0. The van der Waals surface area contributed by atoms with Crippen LogP contribution in [0.2, 0.25) is 0 Å². The van der Waals surface area contributed by atoms with Gasteiger partial charge in [-0.15, -0.1) is 0 Å². The molecule has 1 aliphatic heterocycles. The van der Waals surface area contributed by atoms with Crippen molar-refractivity contribution in [3.8, 4) is 0 Å². The second-order valence-corrected chi connectivity index (χ2v) is 4.75. The van der Waals surface area contributed by atoms with Crippen LogP contribution in [0.1, 0.15) is 21.7 Å². The minimum Gasteiger partial charge on any atom is -0.360 e. The molecule has 0 fully saturated rings. The normalized spacial score (nSPS) is 13.5. The van der Waals surface area contributed by atoms with Gasteiger partial charge < -0.3 is 9.84 Å². The molecule has 0 spiro atoms. The van der Waals surface area contributed by atoms with Crippen LogP contribution in [0.5, 0.6) is 0 Å². The summed E-state index contributed by atoms with van der Waals surface area (Å²) >= 11 is 0. The van der Waals surface area contributed by atoms with Gasteiger partial charge >= 0.3 is 0 Å². The number of nitrogens with zero attached hydrogens (tertiary/aromatic N) is 2. The van der Waals surface area contributed by atoms with Crippen molar-refractivity contribution in [2.24, 2.45) is 0 Å². The smallest absolute Gasteiger partial charge is 0.259 e. The highest BCUT2D eigenvalue weighted by atomic mass is 16.5. The fraction of sp³-hybridized carbons (Fsp3) is 0.133. The second kappa shape index (κ2) is 4.90. The van der Waals surface area contributed by atoms with Crippen molar-refractivity contribution >= 4 is 23.3 Å². The Morgan fingerprint density at radius 3 is 2.71 bits per heavy atom. The van der Waals surface area contributed by atoms with Crippen molar-refractivity contribution in [2.75, 3.05) is 11.9 Å². The van der Waals surface area contributed by atoms with E-state index in [2.05, 4.69) is 17.1 Å². The first kappa shape index (κ1) is 13.1. The fourth-order valence-electron chi connectivity index (χ4n) is 2.25. The first-order chi connectivity index (χ1) is 10.1. The van der Waals surface area contributed by atoms with Gasteiger partial charge in [0.25, 0.3) is 5.91 Å². The number of hydrogen-bond donors (Lipinski definition) is 1. The second-order valence-electron chi connectivity index (χ2n) is 4.75. The molecule has 2 aromatic rings. The van der Waals surface area contributed by atoms with Gasteiger partial charge in [-0.1, -0.05) is 29.9 Å². The average molecular weight is 283 g/mol. The molecule has 6 heteroatoms. The molecule has 2 amide bonds. The maximum absolute atomic E-state index is 12.3. The number of rotatable bonds is 3. The molecule has 1 aromatic carbocycles. The third kappa shape index (κ3) is 2.31. The quantitative estimate of drug-likeness (QED) is 0.935. The van der Waals surface area contributed by atoms with Crippen molar-refractivity contribution in [2.45, 2.75) is 6.92 Å². The van der Waals surface area contributed by atoms with Gasteiger partial charge in [-0.25, -0.2) is 0 Å². The minimum absolute atomic E-state index is 0.113. The summed E-state index contributed by atoms with van der Waals surface area (Å²) in [4.78, 5) is 25.6. The van der Waals surface area contributed by atoms with E-state index in [4.69, 9.17) is 4.52 Å². The molecule has 1 aliphatic rings. The first-order valence-electron chi connectivity index (χ1n) is 6.39. The molecule has 0 bridgehead atoms. The molecule has 1 N–H and O–H groups in total. The Morgan fingerprint density at radius 2 is 2.10 bits per heavy atom. The fourth-order valence-corrected chi connectivity index (χ4v) is 2.25. The third-order valence-electron chi connectivity index (χ3n) is 3.24. The lowest BCUT2D eigenvalue weighted by molar-refractivity contribution is -0.116. The molecule has 106 valence electrons. The summed E-state index contributed by atoms with van der Waals surface area (Å²) in [5.41, 5.74) is 1.85. The van der Waals surface area contributed by atoms with E-state index in [9.17, 15) is 9.59 Å². The molecular formula is C15H13N3O3. The zero-order chi connectivity index (χ0) is 15.0. The number of nitrogens with one attached hydrogen (secondary N) is 1. The van der Waals surface area contributed by atoms with Gasteiger partial charge in [0.1, 0.15) is 12.3 Å². The van der Waals surface area contributed by atoms with E-state index in [0.717, 1.165) is 5.56 Å². The Bertz CT molecular complexity index is 713. The van der Waals surface area contributed by atoms with Crippen LogP contribution in [-0.4, -0.2) is 28.4 Å². The lowest BCUT2D eigenvalue weighted by atomic mass is 10.1. The molecule has 0 aliphatic carbocycles. The Hall–Kier alpha value is -2.89. The van der Waals surface area contributed by atoms with Crippen LogP contribution in [0.3, 0.4) is 0 Å². The number of amides is 2. The number of fused-ring (bicyclic) bond motifs is 1. The molecule has 0 atom stereocenters. The number of aryl methyl sites for hydroxylation is 1. The standard InChI is InChI=1S/C15H13N3O3/c1-9-7-13(17-21-9)16-14(19)8-18-10(2)11-5-3-4-6-12(11)15(18)20/h3-7H,2,8H2,1H3,(H,16,17,19). The lowest BCUT2D eigenvalue weighted by Crippen LogP contribution is -2.32.